The Bertz CT molecular complexity index is 576. The molecule has 1 atom stereocenters. The predicted octanol–water partition coefficient (Wildman–Crippen LogP) is 0.311. The molecule has 114 valence electrons. The molecule has 1 aliphatic carbocycles. The van der Waals surface area contributed by atoms with Gasteiger partial charge in [-0.1, -0.05) is 0 Å². The largest absolute Gasteiger partial charge is 0.479 e. The third-order valence-corrected chi connectivity index (χ3v) is 5.13. The number of nitrogens with one attached hydrogen (secondary N) is 1. The van der Waals surface area contributed by atoms with Crippen molar-refractivity contribution in [3.05, 3.63) is 11.6 Å². The molecule has 1 saturated heterocycles. The summed E-state index contributed by atoms with van der Waals surface area (Å²) in [6.07, 6.45) is 2.74. The SMILES string of the molecule is Cn1nc(C2CC2)nc1CC(=O)NC1(C(=O)O)CCSC1. The van der Waals surface area contributed by atoms with Gasteiger partial charge in [0.2, 0.25) is 5.91 Å². The first kappa shape index (κ1) is 14.4. The Morgan fingerprint density at radius 1 is 1.52 bits per heavy atom. The molecule has 0 aromatic carbocycles. The highest BCUT2D eigenvalue weighted by Gasteiger charge is 2.43. The molecule has 1 saturated carbocycles. The van der Waals surface area contributed by atoms with Crippen molar-refractivity contribution in [2.24, 2.45) is 7.05 Å². The molecular weight excluding hydrogens is 292 g/mol. The zero-order valence-electron chi connectivity index (χ0n) is 11.8. The lowest BCUT2D eigenvalue weighted by atomic mass is 9.99. The number of carbonyl (C=O) groups is 2. The van der Waals surface area contributed by atoms with Gasteiger partial charge in [-0.15, -0.1) is 0 Å². The molecule has 0 radical (unpaired) electrons. The molecule has 3 rings (SSSR count). The van der Waals surface area contributed by atoms with E-state index in [9.17, 15) is 14.7 Å². The Morgan fingerprint density at radius 3 is 2.86 bits per heavy atom. The smallest absolute Gasteiger partial charge is 0.330 e. The second-order valence-corrected chi connectivity index (χ2v) is 6.80. The lowest BCUT2D eigenvalue weighted by molar-refractivity contribution is -0.146. The third kappa shape index (κ3) is 2.90. The lowest BCUT2D eigenvalue weighted by Gasteiger charge is -2.24. The summed E-state index contributed by atoms with van der Waals surface area (Å²) in [7, 11) is 1.76. The number of carboxylic acid groups (broad SMARTS) is 1. The Balaban J connectivity index is 1.67. The fourth-order valence-corrected chi connectivity index (χ4v) is 3.77. The normalized spacial score (nSPS) is 25.0. The van der Waals surface area contributed by atoms with Gasteiger partial charge in [0.1, 0.15) is 11.4 Å². The number of aryl methyl sites for hydroxylation is 1. The molecule has 0 spiro atoms. The molecule has 1 aliphatic heterocycles. The molecule has 1 aromatic heterocycles. The second kappa shape index (κ2) is 5.32. The average Bonchev–Trinajstić information content (AvgIpc) is 3.06. The van der Waals surface area contributed by atoms with Crippen molar-refractivity contribution in [1.82, 2.24) is 20.1 Å². The zero-order chi connectivity index (χ0) is 15.0. The number of amides is 1. The molecule has 1 amide bonds. The Kier molecular flexibility index (Phi) is 3.64. The van der Waals surface area contributed by atoms with Crippen LogP contribution < -0.4 is 5.32 Å². The van der Waals surface area contributed by atoms with E-state index in [0.29, 0.717) is 23.9 Å². The minimum absolute atomic E-state index is 0.0654. The molecule has 8 heteroatoms. The minimum Gasteiger partial charge on any atom is -0.479 e. The van der Waals surface area contributed by atoms with Gasteiger partial charge in [-0.2, -0.15) is 16.9 Å². The number of nitrogens with zero attached hydrogens (tertiary/aromatic N) is 3. The number of rotatable bonds is 5. The van der Waals surface area contributed by atoms with E-state index >= 15 is 0 Å². The van der Waals surface area contributed by atoms with Crippen molar-refractivity contribution in [2.45, 2.75) is 37.1 Å². The van der Waals surface area contributed by atoms with Gasteiger partial charge >= 0.3 is 5.97 Å². The summed E-state index contributed by atoms with van der Waals surface area (Å²) in [6, 6.07) is 0. The molecule has 1 unspecified atom stereocenters. The van der Waals surface area contributed by atoms with Gasteiger partial charge in [0.25, 0.3) is 0 Å². The van der Waals surface area contributed by atoms with Crippen LogP contribution in [-0.2, 0) is 23.1 Å². The number of aromatic nitrogens is 3. The number of hydrogen-bond donors (Lipinski definition) is 2. The van der Waals surface area contributed by atoms with Crippen LogP contribution in [0.25, 0.3) is 0 Å². The summed E-state index contributed by atoms with van der Waals surface area (Å²) in [5, 5.41) is 16.4. The molecule has 2 fully saturated rings. The summed E-state index contributed by atoms with van der Waals surface area (Å²) in [5.41, 5.74) is -1.13. The van der Waals surface area contributed by atoms with Crippen molar-refractivity contribution in [2.75, 3.05) is 11.5 Å². The standard InChI is InChI=1S/C13H18N4O3S/c1-17-9(14-11(16-17)8-2-3-8)6-10(18)15-13(12(19)20)4-5-21-7-13/h8H,2-7H2,1H3,(H,15,18)(H,19,20). The van der Waals surface area contributed by atoms with Crippen LogP contribution in [0, 0.1) is 0 Å². The summed E-state index contributed by atoms with van der Waals surface area (Å²) in [6.45, 7) is 0. The van der Waals surface area contributed by atoms with E-state index in [1.807, 2.05) is 0 Å². The molecule has 2 heterocycles. The highest BCUT2D eigenvalue weighted by atomic mass is 32.2. The van der Waals surface area contributed by atoms with E-state index < -0.39 is 11.5 Å². The first-order valence-electron chi connectivity index (χ1n) is 7.02. The van der Waals surface area contributed by atoms with Gasteiger partial charge in [-0.25, -0.2) is 9.78 Å². The second-order valence-electron chi connectivity index (χ2n) is 5.70. The maximum Gasteiger partial charge on any atom is 0.330 e. The lowest BCUT2D eigenvalue weighted by Crippen LogP contribution is -2.55. The first-order valence-corrected chi connectivity index (χ1v) is 8.17. The highest BCUT2D eigenvalue weighted by Crippen LogP contribution is 2.38. The van der Waals surface area contributed by atoms with E-state index in [1.54, 1.807) is 23.5 Å². The molecule has 7 nitrogen and oxygen atoms in total. The van der Waals surface area contributed by atoms with Crippen LogP contribution >= 0.6 is 11.8 Å². The van der Waals surface area contributed by atoms with Crippen molar-refractivity contribution >= 4 is 23.6 Å². The Hall–Kier alpha value is -1.57. The van der Waals surface area contributed by atoms with Gasteiger partial charge in [-0.3, -0.25) is 9.48 Å². The zero-order valence-corrected chi connectivity index (χ0v) is 12.7. The fourth-order valence-electron chi connectivity index (χ4n) is 2.45. The minimum atomic E-state index is -1.13. The number of carbonyl (C=O) groups excluding carboxylic acids is 1. The number of aliphatic carboxylic acids is 1. The van der Waals surface area contributed by atoms with Crippen LogP contribution in [-0.4, -0.2) is 48.8 Å². The monoisotopic (exact) mass is 310 g/mol. The third-order valence-electron chi connectivity index (χ3n) is 3.94. The van der Waals surface area contributed by atoms with Crippen LogP contribution in [0.15, 0.2) is 0 Å². The van der Waals surface area contributed by atoms with Gasteiger partial charge in [-0.05, 0) is 25.0 Å². The summed E-state index contributed by atoms with van der Waals surface area (Å²) in [5.74, 6) is 1.72. The summed E-state index contributed by atoms with van der Waals surface area (Å²) in [4.78, 5) is 28.0. The fraction of sp³-hybridized carbons (Fsp3) is 0.692. The number of thioether (sulfide) groups is 1. The first-order chi connectivity index (χ1) is 10.00. The van der Waals surface area contributed by atoms with Crippen molar-refractivity contribution in [3.63, 3.8) is 0 Å². The van der Waals surface area contributed by atoms with E-state index in [1.165, 1.54) is 0 Å². The maximum absolute atomic E-state index is 12.2. The molecular formula is C13H18N4O3S. The van der Waals surface area contributed by atoms with Gasteiger partial charge < -0.3 is 10.4 Å². The van der Waals surface area contributed by atoms with Crippen LogP contribution in [0.5, 0.6) is 0 Å². The van der Waals surface area contributed by atoms with E-state index in [-0.39, 0.29) is 12.3 Å². The number of carboxylic acids is 1. The van der Waals surface area contributed by atoms with Crippen LogP contribution in [0.3, 0.4) is 0 Å². The Labute approximate surface area is 126 Å². The van der Waals surface area contributed by atoms with Crippen LogP contribution in [0.1, 0.15) is 36.8 Å². The molecule has 0 bridgehead atoms. The van der Waals surface area contributed by atoms with Gasteiger partial charge in [0.05, 0.1) is 6.42 Å². The highest BCUT2D eigenvalue weighted by molar-refractivity contribution is 7.99. The number of hydrogen-bond acceptors (Lipinski definition) is 5. The molecule has 2 aliphatic rings. The van der Waals surface area contributed by atoms with Crippen molar-refractivity contribution < 1.29 is 14.7 Å². The maximum atomic E-state index is 12.2. The molecule has 2 N–H and O–H groups in total. The Morgan fingerprint density at radius 2 is 2.29 bits per heavy atom. The van der Waals surface area contributed by atoms with Crippen LogP contribution in [0.2, 0.25) is 0 Å². The van der Waals surface area contributed by atoms with Gasteiger partial charge in [0, 0.05) is 18.7 Å². The summed E-state index contributed by atoms with van der Waals surface area (Å²) >= 11 is 1.55. The van der Waals surface area contributed by atoms with E-state index in [4.69, 9.17) is 0 Å². The van der Waals surface area contributed by atoms with E-state index in [0.717, 1.165) is 24.4 Å². The topological polar surface area (TPSA) is 97.1 Å². The van der Waals surface area contributed by atoms with E-state index in [2.05, 4.69) is 15.4 Å². The summed E-state index contributed by atoms with van der Waals surface area (Å²) < 4.78 is 1.62. The van der Waals surface area contributed by atoms with Crippen molar-refractivity contribution in [3.8, 4) is 0 Å². The predicted molar refractivity (Wildman–Crippen MR) is 77.1 cm³/mol. The van der Waals surface area contributed by atoms with Gasteiger partial charge in [0.15, 0.2) is 5.82 Å². The van der Waals surface area contributed by atoms with Crippen molar-refractivity contribution in [1.29, 1.82) is 0 Å². The average molecular weight is 310 g/mol. The van der Waals surface area contributed by atoms with Crippen LogP contribution in [0.4, 0.5) is 0 Å². The molecule has 21 heavy (non-hydrogen) atoms. The quantitative estimate of drug-likeness (QED) is 0.812. The molecule has 1 aromatic rings.